The van der Waals surface area contributed by atoms with Crippen LogP contribution in [0.2, 0.25) is 0 Å². The van der Waals surface area contributed by atoms with Crippen LogP contribution in [-0.2, 0) is 35.1 Å². The van der Waals surface area contributed by atoms with Crippen molar-refractivity contribution in [2.75, 3.05) is 32.2 Å². The summed E-state index contributed by atoms with van der Waals surface area (Å²) in [4.78, 5) is 14.5. The fraction of sp³-hybridized carbons (Fsp3) is 0.683. The van der Waals surface area contributed by atoms with Crippen LogP contribution in [0.1, 0.15) is 127 Å². The number of aryl methyl sites for hydroxylation is 1. The summed E-state index contributed by atoms with van der Waals surface area (Å²) in [6, 6.07) is 15.0. The zero-order valence-corrected chi connectivity index (χ0v) is 33.6. The molecule has 1 fully saturated rings. The number of benzene rings is 1. The summed E-state index contributed by atoms with van der Waals surface area (Å²) >= 11 is 0. The highest BCUT2D eigenvalue weighted by molar-refractivity contribution is 7.47. The van der Waals surface area contributed by atoms with E-state index in [2.05, 4.69) is 17.0 Å². The van der Waals surface area contributed by atoms with Crippen molar-refractivity contribution in [3.63, 3.8) is 0 Å². The third kappa shape index (κ3) is 14.2. The molecule has 0 amide bonds. The topological polar surface area (TPSA) is 195 Å². The third-order valence-electron chi connectivity index (χ3n) is 10.5. The summed E-state index contributed by atoms with van der Waals surface area (Å²) in [6.45, 7) is 2.53. The number of rotatable bonds is 29. The molecule has 5 N–H and O–H groups in total. The number of phosphoric ester groups is 1. The Morgan fingerprint density at radius 1 is 0.909 bits per heavy atom. The van der Waals surface area contributed by atoms with Crippen LogP contribution in [-0.4, -0.2) is 74.4 Å². The highest BCUT2D eigenvalue weighted by Gasteiger charge is 2.58. The first-order valence-electron chi connectivity index (χ1n) is 20.5. The quantitative estimate of drug-likeness (QED) is 0.0394. The molecule has 0 bridgehead atoms. The molecule has 306 valence electrons. The van der Waals surface area contributed by atoms with E-state index >= 15 is 0 Å². The van der Waals surface area contributed by atoms with Gasteiger partial charge in [-0.1, -0.05) is 134 Å². The van der Waals surface area contributed by atoms with Crippen LogP contribution in [0.25, 0.3) is 5.52 Å². The molecule has 1 aliphatic rings. The van der Waals surface area contributed by atoms with Crippen LogP contribution in [0.4, 0.5) is 5.82 Å². The predicted molar refractivity (Wildman–Crippen MR) is 212 cm³/mol. The Morgan fingerprint density at radius 3 is 2.15 bits per heavy atom. The zero-order chi connectivity index (χ0) is 39.4. The van der Waals surface area contributed by atoms with Crippen molar-refractivity contribution in [1.82, 2.24) is 14.6 Å². The molecule has 0 radical (unpaired) electrons. The maximum atomic E-state index is 13.0. The van der Waals surface area contributed by atoms with Crippen LogP contribution >= 0.6 is 7.82 Å². The second-order valence-electron chi connectivity index (χ2n) is 14.9. The number of aliphatic hydroxyl groups excluding tert-OH is 2. The molecule has 1 saturated heterocycles. The highest BCUT2D eigenvalue weighted by Crippen LogP contribution is 2.46. The molecule has 55 heavy (non-hydrogen) atoms. The molecule has 14 heteroatoms. The van der Waals surface area contributed by atoms with Crippen molar-refractivity contribution >= 4 is 19.2 Å². The Morgan fingerprint density at radius 2 is 1.53 bits per heavy atom. The maximum absolute atomic E-state index is 13.0. The van der Waals surface area contributed by atoms with E-state index in [-0.39, 0.29) is 24.0 Å². The number of nitrogens with two attached hydrogens (primary N) is 1. The van der Waals surface area contributed by atoms with Gasteiger partial charge in [0.15, 0.2) is 5.82 Å². The first-order valence-corrected chi connectivity index (χ1v) is 22.0. The number of nitrogen functional groups attached to an aromatic ring is 1. The van der Waals surface area contributed by atoms with Crippen LogP contribution in [0.3, 0.4) is 0 Å². The molecule has 0 spiro atoms. The number of unbranched alkanes of at least 4 members (excludes halogenated alkanes) is 15. The summed E-state index contributed by atoms with van der Waals surface area (Å²) in [7, 11) is -4.63. The highest BCUT2D eigenvalue weighted by atomic mass is 31.2. The Kier molecular flexibility index (Phi) is 19.5. The lowest BCUT2D eigenvalue weighted by Crippen LogP contribution is -2.41. The Balaban J connectivity index is 1.15. The third-order valence-corrected chi connectivity index (χ3v) is 11.5. The number of hydrogen-bond donors (Lipinski definition) is 4. The molecule has 1 unspecified atom stereocenters. The van der Waals surface area contributed by atoms with Gasteiger partial charge in [-0.05, 0) is 37.0 Å². The van der Waals surface area contributed by atoms with Gasteiger partial charge in [-0.15, -0.1) is 0 Å². The Hall–Kier alpha value is -2.92. The summed E-state index contributed by atoms with van der Waals surface area (Å²) in [5, 5.41) is 36.0. The van der Waals surface area contributed by atoms with Gasteiger partial charge >= 0.3 is 7.82 Å². The maximum Gasteiger partial charge on any atom is 0.472 e. The van der Waals surface area contributed by atoms with Gasteiger partial charge in [0.05, 0.1) is 25.5 Å². The van der Waals surface area contributed by atoms with Crippen LogP contribution in [0, 0.1) is 17.2 Å². The van der Waals surface area contributed by atoms with Crippen molar-refractivity contribution in [2.24, 2.45) is 5.92 Å². The normalized spacial score (nSPS) is 21.5. The van der Waals surface area contributed by atoms with Gasteiger partial charge in [0, 0.05) is 12.5 Å². The van der Waals surface area contributed by atoms with E-state index in [1.807, 2.05) is 36.4 Å². The average molecular weight is 786 g/mol. The van der Waals surface area contributed by atoms with Gasteiger partial charge in [0.25, 0.3) is 0 Å². The van der Waals surface area contributed by atoms with E-state index in [9.17, 15) is 24.9 Å². The second kappa shape index (κ2) is 24.0. The summed E-state index contributed by atoms with van der Waals surface area (Å²) < 4.78 is 36.9. The molecule has 0 aliphatic carbocycles. The molecule has 0 saturated carbocycles. The second-order valence-corrected chi connectivity index (χ2v) is 16.4. The first kappa shape index (κ1) is 44.8. The van der Waals surface area contributed by atoms with Crippen LogP contribution in [0.15, 0.2) is 48.8 Å². The minimum atomic E-state index is -4.63. The smallest absolute Gasteiger partial charge is 0.387 e. The molecular formula is C41H64N5O8P. The molecule has 4 rings (SSSR count). The number of phosphoric acid groups is 1. The van der Waals surface area contributed by atoms with Crippen LogP contribution < -0.4 is 5.73 Å². The number of hydrogen-bond acceptors (Lipinski definition) is 11. The largest absolute Gasteiger partial charge is 0.472 e. The summed E-state index contributed by atoms with van der Waals surface area (Å²) in [6.07, 6.45) is 18.8. The number of aliphatic hydroxyl groups is 2. The lowest BCUT2D eigenvalue weighted by molar-refractivity contribution is -0.0647. The van der Waals surface area contributed by atoms with Crippen molar-refractivity contribution in [2.45, 2.75) is 146 Å². The number of nitrogens with zero attached hydrogens (tertiary/aromatic N) is 4. The fourth-order valence-corrected chi connectivity index (χ4v) is 8.00. The average Bonchev–Trinajstić information content (AvgIpc) is 3.74. The van der Waals surface area contributed by atoms with Crippen molar-refractivity contribution < 1.29 is 38.2 Å². The Labute approximate surface area is 327 Å². The summed E-state index contributed by atoms with van der Waals surface area (Å²) in [5.41, 5.74) is 5.48. The standard InChI is InChI=1S/C41H64N5O8P/c1-2-3-4-5-6-7-8-9-10-11-12-13-14-15-16-20-27-51-28-34(24-23-33-21-18-17-19-22-33)29-52-55(49,50)53-30-36-38(47)39(48)41(31-42,54-36)37-26-25-35-40(43)44-32-45-46(35)37/h17-19,21-22,25-26,32,34,36,38-39,47-48H,2-16,20,23-24,27-30H2,1H3,(H,49,50)(H2,43,44,45)/t34-,36-,38-,39-,41+/m1/s1. The Bertz CT molecular complexity index is 1610. The molecule has 3 heterocycles. The SMILES string of the molecule is CCCCCCCCCCCCCCCCCCOC[C@@H](CCc1ccccc1)COP(=O)(O)OC[C@H]1O[C@@](C#N)(c2ccc3c(N)ncnn23)[C@H](O)[C@@H]1O. The predicted octanol–water partition coefficient (Wildman–Crippen LogP) is 7.81. The van der Waals surface area contributed by atoms with Gasteiger partial charge < -0.3 is 30.3 Å². The van der Waals surface area contributed by atoms with Crippen molar-refractivity contribution in [1.29, 1.82) is 5.26 Å². The number of aromatic nitrogens is 3. The van der Waals surface area contributed by atoms with Gasteiger partial charge in [-0.2, -0.15) is 10.4 Å². The van der Waals surface area contributed by atoms with E-state index < -0.39 is 38.3 Å². The van der Waals surface area contributed by atoms with E-state index in [4.69, 9.17) is 24.3 Å². The zero-order valence-electron chi connectivity index (χ0n) is 32.7. The van der Waals surface area contributed by atoms with E-state index in [1.165, 1.54) is 107 Å². The molecular weight excluding hydrogens is 721 g/mol. The molecule has 1 aliphatic heterocycles. The van der Waals surface area contributed by atoms with E-state index in [1.54, 1.807) is 6.07 Å². The number of anilines is 1. The number of fused-ring (bicyclic) bond motifs is 1. The molecule has 1 aromatic carbocycles. The van der Waals surface area contributed by atoms with E-state index in [0.29, 0.717) is 25.2 Å². The van der Waals surface area contributed by atoms with Crippen molar-refractivity contribution in [3.05, 3.63) is 60.0 Å². The molecule has 6 atom stereocenters. The first-order chi connectivity index (χ1) is 26.7. The lowest BCUT2D eigenvalue weighted by Gasteiger charge is -2.24. The van der Waals surface area contributed by atoms with Gasteiger partial charge in [-0.3, -0.25) is 9.05 Å². The number of nitriles is 1. The molecule has 13 nitrogen and oxygen atoms in total. The minimum Gasteiger partial charge on any atom is -0.387 e. The molecule has 3 aromatic rings. The van der Waals surface area contributed by atoms with E-state index in [0.717, 1.165) is 24.8 Å². The van der Waals surface area contributed by atoms with Gasteiger partial charge in [-0.25, -0.2) is 14.1 Å². The molecule has 2 aromatic heterocycles. The number of ether oxygens (including phenoxy) is 2. The van der Waals surface area contributed by atoms with Gasteiger partial charge in [0.1, 0.15) is 36.2 Å². The minimum absolute atomic E-state index is 0.0876. The lowest BCUT2D eigenvalue weighted by atomic mass is 9.92. The van der Waals surface area contributed by atoms with Crippen molar-refractivity contribution in [3.8, 4) is 6.07 Å². The fourth-order valence-electron chi connectivity index (χ4n) is 7.19. The van der Waals surface area contributed by atoms with Crippen LogP contribution in [0.5, 0.6) is 0 Å². The monoisotopic (exact) mass is 785 g/mol. The summed E-state index contributed by atoms with van der Waals surface area (Å²) in [5.74, 6) is -0.0305. The van der Waals surface area contributed by atoms with Gasteiger partial charge in [0.2, 0.25) is 5.60 Å².